The van der Waals surface area contributed by atoms with Gasteiger partial charge in [0.25, 0.3) is 5.56 Å². The second kappa shape index (κ2) is 8.50. The fourth-order valence-electron chi connectivity index (χ4n) is 3.64. The van der Waals surface area contributed by atoms with Crippen LogP contribution >= 0.6 is 11.8 Å². The molecule has 2 aliphatic rings. The maximum Gasteiger partial charge on any atom is 0.267 e. The lowest BCUT2D eigenvalue weighted by Gasteiger charge is -2.34. The summed E-state index contributed by atoms with van der Waals surface area (Å²) in [5.74, 6) is 2.02. The zero-order chi connectivity index (χ0) is 18.6. The smallest absolute Gasteiger partial charge is 0.267 e. The molecule has 27 heavy (non-hydrogen) atoms. The van der Waals surface area contributed by atoms with Crippen molar-refractivity contribution >= 4 is 11.8 Å². The molecule has 8 heteroatoms. The maximum absolute atomic E-state index is 12.3. The zero-order valence-electron chi connectivity index (χ0n) is 15.8. The van der Waals surface area contributed by atoms with Gasteiger partial charge in [-0.25, -0.2) is 4.68 Å². The van der Waals surface area contributed by atoms with Gasteiger partial charge in [-0.15, -0.1) is 0 Å². The number of aryl methyl sites for hydroxylation is 2. The average molecular weight is 387 g/mol. The van der Waals surface area contributed by atoms with Gasteiger partial charge < -0.3 is 0 Å². The first-order valence-electron chi connectivity index (χ1n) is 9.57. The van der Waals surface area contributed by atoms with Crippen LogP contribution in [0.4, 0.5) is 0 Å². The second-order valence-electron chi connectivity index (χ2n) is 7.25. The first kappa shape index (κ1) is 18.6. The van der Waals surface area contributed by atoms with Crippen LogP contribution in [0, 0.1) is 6.92 Å². The molecule has 2 aromatic heterocycles. The summed E-state index contributed by atoms with van der Waals surface area (Å²) >= 11 is 1.88. The molecular weight excluding hydrogens is 360 g/mol. The molecule has 0 unspecified atom stereocenters. The van der Waals surface area contributed by atoms with Crippen LogP contribution in [0.3, 0.4) is 0 Å². The van der Waals surface area contributed by atoms with E-state index in [1.807, 2.05) is 24.9 Å². The number of nitrogens with zero attached hydrogens (tertiary/aromatic N) is 6. The predicted molar refractivity (Wildman–Crippen MR) is 107 cm³/mol. The number of aromatic nitrogens is 4. The molecule has 4 heterocycles. The number of rotatable bonds is 5. The van der Waals surface area contributed by atoms with Crippen LogP contribution in [0.1, 0.15) is 22.6 Å². The average Bonchev–Trinajstić information content (AvgIpc) is 2.67. The van der Waals surface area contributed by atoms with Gasteiger partial charge in [0.2, 0.25) is 0 Å². The molecule has 1 saturated heterocycles. The van der Waals surface area contributed by atoms with Gasteiger partial charge in [-0.2, -0.15) is 16.9 Å². The van der Waals surface area contributed by atoms with Crippen molar-refractivity contribution in [3.63, 3.8) is 0 Å². The Morgan fingerprint density at radius 2 is 1.93 bits per heavy atom. The van der Waals surface area contributed by atoms with E-state index in [1.165, 1.54) is 0 Å². The molecule has 0 aliphatic carbocycles. The van der Waals surface area contributed by atoms with Crippen molar-refractivity contribution in [2.45, 2.75) is 32.2 Å². The standard InChI is InChI=1S/C19H26N6OS/c1-15-11-20-12-17(21-15)13-24-5-3-23(4-6-24)7-8-25-19(26)10-16-14-27-9-2-18(16)22-25/h10-12H,2-9,13-14H2,1H3. The molecule has 144 valence electrons. The highest BCUT2D eigenvalue weighted by Crippen LogP contribution is 2.21. The number of hydrogen-bond donors (Lipinski definition) is 0. The molecule has 7 nitrogen and oxygen atoms in total. The van der Waals surface area contributed by atoms with Crippen molar-refractivity contribution in [3.05, 3.63) is 51.5 Å². The Hall–Kier alpha value is -1.77. The Kier molecular flexibility index (Phi) is 5.85. The molecule has 0 radical (unpaired) electrons. The van der Waals surface area contributed by atoms with E-state index in [0.29, 0.717) is 6.54 Å². The van der Waals surface area contributed by atoms with Crippen LogP contribution in [0.15, 0.2) is 23.3 Å². The molecule has 1 fully saturated rings. The first-order chi connectivity index (χ1) is 13.2. The lowest BCUT2D eigenvalue weighted by atomic mass is 10.2. The Labute approximate surface area is 163 Å². The van der Waals surface area contributed by atoms with E-state index < -0.39 is 0 Å². The van der Waals surface area contributed by atoms with Gasteiger partial charge in [0.1, 0.15) is 0 Å². The van der Waals surface area contributed by atoms with E-state index in [0.717, 1.165) is 79.8 Å². The van der Waals surface area contributed by atoms with E-state index in [-0.39, 0.29) is 5.56 Å². The third-order valence-corrected chi connectivity index (χ3v) is 6.20. The molecule has 0 amide bonds. The van der Waals surface area contributed by atoms with Crippen molar-refractivity contribution in [1.82, 2.24) is 29.5 Å². The van der Waals surface area contributed by atoms with E-state index in [1.54, 1.807) is 16.9 Å². The van der Waals surface area contributed by atoms with Gasteiger partial charge in [-0.1, -0.05) is 0 Å². The molecular formula is C19H26N6OS. The van der Waals surface area contributed by atoms with Crippen molar-refractivity contribution in [3.8, 4) is 0 Å². The topological polar surface area (TPSA) is 67.2 Å². The number of piperazine rings is 1. The number of hydrogen-bond acceptors (Lipinski definition) is 7. The van der Waals surface area contributed by atoms with Crippen molar-refractivity contribution in [2.24, 2.45) is 0 Å². The van der Waals surface area contributed by atoms with Gasteiger partial charge in [0.05, 0.1) is 23.6 Å². The first-order valence-corrected chi connectivity index (χ1v) is 10.7. The van der Waals surface area contributed by atoms with Crippen LogP contribution in [0.2, 0.25) is 0 Å². The predicted octanol–water partition coefficient (Wildman–Crippen LogP) is 0.949. The van der Waals surface area contributed by atoms with Gasteiger partial charge in [0.15, 0.2) is 0 Å². The van der Waals surface area contributed by atoms with Crippen LogP contribution < -0.4 is 5.56 Å². The zero-order valence-corrected chi connectivity index (χ0v) is 16.6. The van der Waals surface area contributed by atoms with E-state index in [4.69, 9.17) is 0 Å². The molecule has 2 aromatic rings. The summed E-state index contributed by atoms with van der Waals surface area (Å²) in [6, 6.07) is 1.79. The summed E-state index contributed by atoms with van der Waals surface area (Å²) in [6.45, 7) is 8.42. The SMILES string of the molecule is Cc1cncc(CN2CCN(CCn3nc4c(cc3=O)CSCC4)CC2)n1. The minimum absolute atomic E-state index is 0.0351. The van der Waals surface area contributed by atoms with Crippen LogP contribution in [-0.4, -0.2) is 68.0 Å². The monoisotopic (exact) mass is 386 g/mol. The third kappa shape index (κ3) is 4.75. The second-order valence-corrected chi connectivity index (χ2v) is 8.35. The molecule has 0 bridgehead atoms. The summed E-state index contributed by atoms with van der Waals surface area (Å²) in [4.78, 5) is 25.9. The Balaban J connectivity index is 1.28. The molecule has 0 N–H and O–H groups in total. The molecule has 4 rings (SSSR count). The quantitative estimate of drug-likeness (QED) is 0.758. The lowest BCUT2D eigenvalue weighted by Crippen LogP contribution is -2.47. The fraction of sp³-hybridized carbons (Fsp3) is 0.579. The van der Waals surface area contributed by atoms with Crippen molar-refractivity contribution < 1.29 is 0 Å². The molecule has 0 saturated carbocycles. The summed E-state index contributed by atoms with van der Waals surface area (Å²) in [6.07, 6.45) is 4.61. The van der Waals surface area contributed by atoms with Gasteiger partial charge in [0, 0.05) is 69.9 Å². The summed E-state index contributed by atoms with van der Waals surface area (Å²) in [7, 11) is 0. The third-order valence-electron chi connectivity index (χ3n) is 5.19. The molecule has 0 aromatic carbocycles. The van der Waals surface area contributed by atoms with Crippen molar-refractivity contribution in [2.75, 3.05) is 38.5 Å². The minimum atomic E-state index is 0.0351. The molecule has 2 aliphatic heterocycles. The van der Waals surface area contributed by atoms with E-state index in [9.17, 15) is 4.79 Å². The summed E-state index contributed by atoms with van der Waals surface area (Å²) < 4.78 is 1.66. The van der Waals surface area contributed by atoms with E-state index >= 15 is 0 Å². The Bertz CT molecular complexity index is 846. The molecule has 0 atom stereocenters. The highest BCUT2D eigenvalue weighted by molar-refractivity contribution is 7.98. The lowest BCUT2D eigenvalue weighted by molar-refractivity contribution is 0.121. The Morgan fingerprint density at radius 3 is 2.74 bits per heavy atom. The van der Waals surface area contributed by atoms with Crippen LogP contribution in [0.25, 0.3) is 0 Å². The Morgan fingerprint density at radius 1 is 1.11 bits per heavy atom. The highest BCUT2D eigenvalue weighted by atomic mass is 32.2. The van der Waals surface area contributed by atoms with Gasteiger partial charge in [-0.05, 0) is 18.2 Å². The summed E-state index contributed by atoms with van der Waals surface area (Å²) in [5.41, 5.74) is 4.27. The number of fused-ring (bicyclic) bond motifs is 1. The fourth-order valence-corrected chi connectivity index (χ4v) is 4.59. The van der Waals surface area contributed by atoms with Crippen molar-refractivity contribution in [1.29, 1.82) is 0 Å². The molecule has 0 spiro atoms. The summed E-state index contributed by atoms with van der Waals surface area (Å²) in [5, 5.41) is 4.61. The highest BCUT2D eigenvalue weighted by Gasteiger charge is 2.18. The number of thioether (sulfide) groups is 1. The minimum Gasteiger partial charge on any atom is -0.299 e. The maximum atomic E-state index is 12.3. The van der Waals surface area contributed by atoms with E-state index in [2.05, 4.69) is 24.9 Å². The largest absolute Gasteiger partial charge is 0.299 e. The van der Waals surface area contributed by atoms with Gasteiger partial charge >= 0.3 is 0 Å². The van der Waals surface area contributed by atoms with Gasteiger partial charge in [-0.3, -0.25) is 24.6 Å². The van der Waals surface area contributed by atoms with Crippen LogP contribution in [0.5, 0.6) is 0 Å². The van der Waals surface area contributed by atoms with Crippen LogP contribution in [-0.2, 0) is 25.3 Å². The normalized spacial score (nSPS) is 18.4.